The van der Waals surface area contributed by atoms with E-state index in [1.165, 1.54) is 24.3 Å². The predicted molar refractivity (Wildman–Crippen MR) is 71.1 cm³/mol. The van der Waals surface area contributed by atoms with Gasteiger partial charge in [-0.3, -0.25) is 0 Å². The molecule has 1 heterocycles. The Morgan fingerprint density at radius 3 is 2.43 bits per heavy atom. The molecule has 14 heavy (non-hydrogen) atoms. The lowest BCUT2D eigenvalue weighted by molar-refractivity contribution is 0.464. The van der Waals surface area contributed by atoms with Crippen molar-refractivity contribution < 1.29 is 0 Å². The summed E-state index contributed by atoms with van der Waals surface area (Å²) in [6.45, 7) is 3.16. The van der Waals surface area contributed by atoms with Crippen molar-refractivity contribution in [2.75, 3.05) is 18.1 Å². The fourth-order valence-corrected chi connectivity index (χ4v) is 2.52. The number of hydrogen-bond donors (Lipinski definition) is 2. The van der Waals surface area contributed by atoms with Crippen molar-refractivity contribution in [2.24, 2.45) is 5.73 Å². The zero-order chi connectivity index (χ0) is 8.81. The third-order valence-corrected chi connectivity index (χ3v) is 3.30. The van der Waals surface area contributed by atoms with Gasteiger partial charge in [0.15, 0.2) is 0 Å². The normalized spacial score (nSPS) is 19.3. The summed E-state index contributed by atoms with van der Waals surface area (Å²) in [7, 11) is 0. The lowest BCUT2D eigenvalue weighted by Gasteiger charge is -2.22. The second-order valence-electron chi connectivity index (χ2n) is 3.61. The molecule has 0 aliphatic carbocycles. The van der Waals surface area contributed by atoms with Gasteiger partial charge in [0.1, 0.15) is 0 Å². The minimum Gasteiger partial charge on any atom is -0.328 e. The van der Waals surface area contributed by atoms with Gasteiger partial charge in [-0.1, -0.05) is 0 Å². The largest absolute Gasteiger partial charge is 0.328 e. The minimum absolute atomic E-state index is 0. The molecule has 0 aromatic rings. The Morgan fingerprint density at radius 2 is 1.93 bits per heavy atom. The van der Waals surface area contributed by atoms with E-state index in [0.717, 1.165) is 19.0 Å². The highest BCUT2D eigenvalue weighted by molar-refractivity contribution is 7.99. The van der Waals surface area contributed by atoms with Crippen LogP contribution < -0.4 is 11.1 Å². The zero-order valence-electron chi connectivity index (χ0n) is 8.70. The highest BCUT2D eigenvalue weighted by atomic mass is 35.5. The van der Waals surface area contributed by atoms with E-state index >= 15 is 0 Å². The third kappa shape index (κ3) is 8.18. The Labute approximate surface area is 104 Å². The molecule has 1 atom stereocenters. The van der Waals surface area contributed by atoms with Gasteiger partial charge >= 0.3 is 0 Å². The molecule has 3 N–H and O–H groups in total. The van der Waals surface area contributed by atoms with Crippen LogP contribution in [0.4, 0.5) is 0 Å². The first-order valence-corrected chi connectivity index (χ1v) is 6.01. The molecule has 1 aliphatic heterocycles. The zero-order valence-corrected chi connectivity index (χ0v) is 11.1. The van der Waals surface area contributed by atoms with Gasteiger partial charge in [-0.25, -0.2) is 0 Å². The van der Waals surface area contributed by atoms with Crippen LogP contribution in [0.15, 0.2) is 0 Å². The molecular formula is C9H22Cl2N2S. The molecule has 0 radical (unpaired) electrons. The molecule has 0 unspecified atom stereocenters. The van der Waals surface area contributed by atoms with Crippen LogP contribution in [-0.2, 0) is 0 Å². The second kappa shape index (κ2) is 10.4. The van der Waals surface area contributed by atoms with Crippen LogP contribution in [0.5, 0.6) is 0 Å². The van der Waals surface area contributed by atoms with Crippen LogP contribution in [0, 0.1) is 0 Å². The SMILES string of the molecule is C[C@H](N)CCNC1CCSCC1.Cl.Cl. The van der Waals surface area contributed by atoms with E-state index in [4.69, 9.17) is 5.73 Å². The van der Waals surface area contributed by atoms with E-state index in [9.17, 15) is 0 Å². The lowest BCUT2D eigenvalue weighted by Crippen LogP contribution is -2.35. The summed E-state index contributed by atoms with van der Waals surface area (Å²) in [5, 5.41) is 3.56. The number of nitrogens with one attached hydrogen (secondary N) is 1. The van der Waals surface area contributed by atoms with E-state index in [2.05, 4.69) is 24.0 Å². The molecule has 0 aromatic carbocycles. The molecule has 1 saturated heterocycles. The van der Waals surface area contributed by atoms with E-state index in [1.54, 1.807) is 0 Å². The Morgan fingerprint density at radius 1 is 1.36 bits per heavy atom. The van der Waals surface area contributed by atoms with Gasteiger partial charge in [0.25, 0.3) is 0 Å². The summed E-state index contributed by atoms with van der Waals surface area (Å²) in [4.78, 5) is 0. The maximum absolute atomic E-state index is 5.66. The van der Waals surface area contributed by atoms with Crippen molar-refractivity contribution in [1.82, 2.24) is 5.32 Å². The van der Waals surface area contributed by atoms with E-state index < -0.39 is 0 Å². The molecule has 1 fully saturated rings. The predicted octanol–water partition coefficient (Wildman–Crippen LogP) is 2.05. The molecule has 1 rings (SSSR count). The Bertz CT molecular complexity index is 119. The molecule has 0 bridgehead atoms. The van der Waals surface area contributed by atoms with Gasteiger partial charge in [-0.05, 0) is 44.2 Å². The highest BCUT2D eigenvalue weighted by Gasteiger charge is 2.12. The molecular weight excluding hydrogens is 239 g/mol. The Kier molecular flexibility index (Phi) is 12.8. The number of halogens is 2. The van der Waals surface area contributed by atoms with Crippen molar-refractivity contribution in [3.63, 3.8) is 0 Å². The maximum atomic E-state index is 5.66. The molecule has 1 aliphatic rings. The summed E-state index contributed by atoms with van der Waals surface area (Å²) in [5.41, 5.74) is 5.66. The van der Waals surface area contributed by atoms with E-state index in [0.29, 0.717) is 6.04 Å². The van der Waals surface area contributed by atoms with Crippen LogP contribution in [0.1, 0.15) is 26.2 Å². The first-order valence-electron chi connectivity index (χ1n) is 4.86. The summed E-state index contributed by atoms with van der Waals surface area (Å²) in [5.74, 6) is 2.66. The monoisotopic (exact) mass is 260 g/mol. The van der Waals surface area contributed by atoms with Crippen molar-refractivity contribution in [2.45, 2.75) is 38.3 Å². The highest BCUT2D eigenvalue weighted by Crippen LogP contribution is 2.16. The van der Waals surface area contributed by atoms with Gasteiger partial charge in [-0.2, -0.15) is 11.8 Å². The number of hydrogen-bond acceptors (Lipinski definition) is 3. The molecule has 5 heteroatoms. The van der Waals surface area contributed by atoms with Gasteiger partial charge < -0.3 is 11.1 Å². The van der Waals surface area contributed by atoms with Crippen LogP contribution in [0.2, 0.25) is 0 Å². The average Bonchev–Trinajstić information content (AvgIpc) is 2.05. The molecule has 0 saturated carbocycles. The maximum Gasteiger partial charge on any atom is 0.00827 e. The van der Waals surface area contributed by atoms with E-state index in [-0.39, 0.29) is 24.8 Å². The van der Waals surface area contributed by atoms with E-state index in [1.807, 2.05) is 0 Å². The van der Waals surface area contributed by atoms with Gasteiger partial charge in [0.2, 0.25) is 0 Å². The molecule has 0 spiro atoms. The fourth-order valence-electron chi connectivity index (χ4n) is 1.42. The van der Waals surface area contributed by atoms with Gasteiger partial charge in [0, 0.05) is 12.1 Å². The average molecular weight is 261 g/mol. The van der Waals surface area contributed by atoms with Crippen LogP contribution in [0.25, 0.3) is 0 Å². The topological polar surface area (TPSA) is 38.0 Å². The summed E-state index contributed by atoms with van der Waals surface area (Å²) < 4.78 is 0. The van der Waals surface area contributed by atoms with Crippen LogP contribution in [0.3, 0.4) is 0 Å². The molecule has 2 nitrogen and oxygen atoms in total. The number of thioether (sulfide) groups is 1. The van der Waals surface area contributed by atoms with Gasteiger partial charge in [-0.15, -0.1) is 24.8 Å². The second-order valence-corrected chi connectivity index (χ2v) is 4.83. The summed E-state index contributed by atoms with van der Waals surface area (Å²) >= 11 is 2.07. The van der Waals surface area contributed by atoms with Gasteiger partial charge in [0.05, 0.1) is 0 Å². The van der Waals surface area contributed by atoms with Crippen molar-refractivity contribution >= 4 is 36.6 Å². The molecule has 88 valence electrons. The standard InChI is InChI=1S/C9H20N2S.2ClH/c1-8(10)2-5-11-9-3-6-12-7-4-9;;/h8-9,11H,2-7,10H2,1H3;2*1H/t8-;;/m0../s1. The van der Waals surface area contributed by atoms with Crippen molar-refractivity contribution in [1.29, 1.82) is 0 Å². The first kappa shape index (κ1) is 17.3. The minimum atomic E-state index is 0. The summed E-state index contributed by atoms with van der Waals surface area (Å²) in [6.07, 6.45) is 3.77. The molecule has 0 amide bonds. The quantitative estimate of drug-likeness (QED) is 0.813. The number of rotatable bonds is 4. The third-order valence-electron chi connectivity index (χ3n) is 2.25. The van der Waals surface area contributed by atoms with Crippen LogP contribution in [-0.4, -0.2) is 30.1 Å². The van der Waals surface area contributed by atoms with Crippen molar-refractivity contribution in [3.05, 3.63) is 0 Å². The fraction of sp³-hybridized carbons (Fsp3) is 1.00. The first-order chi connectivity index (χ1) is 5.79. The summed E-state index contributed by atoms with van der Waals surface area (Å²) in [6, 6.07) is 1.11. The number of nitrogens with two attached hydrogens (primary N) is 1. The van der Waals surface area contributed by atoms with Crippen LogP contribution >= 0.6 is 36.6 Å². The Hall–Kier alpha value is 0.850. The van der Waals surface area contributed by atoms with Crippen molar-refractivity contribution in [3.8, 4) is 0 Å². The lowest BCUT2D eigenvalue weighted by atomic mass is 10.1. The molecule has 0 aromatic heterocycles. The smallest absolute Gasteiger partial charge is 0.00827 e. The Balaban J connectivity index is 0.